The standard InChI is InChI=1S/C30H51N3O6/c1-17(6-11-26(36)33-24(27(37)38)5-4-14-32-28(31)39)21-9-10-22-20-8-7-18-15-19(34)12-13-29(18,2)23(20)16-25(35)30(21,22)3/h17-25,34-35H,4-16H2,1-3H3,(H,33,36)(H,37,38)(H3,31,32,39). The third-order valence-electron chi connectivity index (χ3n) is 11.9. The Hall–Kier alpha value is -1.87. The minimum absolute atomic E-state index is 0.161. The number of carbonyl (C=O) groups excluding carboxylic acids is 2. The molecule has 0 heterocycles. The van der Waals surface area contributed by atoms with Crippen LogP contribution in [-0.4, -0.2) is 58.0 Å². The molecule has 7 N–H and O–H groups in total. The largest absolute Gasteiger partial charge is 0.480 e. The topological polar surface area (TPSA) is 162 Å². The molecule has 39 heavy (non-hydrogen) atoms. The van der Waals surface area contributed by atoms with Crippen LogP contribution in [0.4, 0.5) is 4.79 Å². The first-order chi connectivity index (χ1) is 18.4. The summed E-state index contributed by atoms with van der Waals surface area (Å²) in [6.07, 6.45) is 9.25. The lowest BCUT2D eigenvalue weighted by molar-refractivity contribution is -0.175. The summed E-state index contributed by atoms with van der Waals surface area (Å²) in [4.78, 5) is 35.1. The van der Waals surface area contributed by atoms with Gasteiger partial charge in [-0.2, -0.15) is 0 Å². The molecule has 0 aromatic heterocycles. The smallest absolute Gasteiger partial charge is 0.326 e. The van der Waals surface area contributed by atoms with Gasteiger partial charge in [0.15, 0.2) is 0 Å². The van der Waals surface area contributed by atoms with Crippen molar-refractivity contribution in [2.24, 2.45) is 52.1 Å². The van der Waals surface area contributed by atoms with Crippen molar-refractivity contribution in [1.82, 2.24) is 10.6 Å². The number of carbonyl (C=O) groups is 3. The van der Waals surface area contributed by atoms with E-state index in [0.29, 0.717) is 42.4 Å². The number of fused-ring (bicyclic) bond motifs is 5. The fraction of sp³-hybridized carbons (Fsp3) is 0.900. The van der Waals surface area contributed by atoms with Crippen LogP contribution in [0.25, 0.3) is 0 Å². The molecule has 0 aromatic rings. The highest BCUT2D eigenvalue weighted by molar-refractivity contribution is 5.83. The van der Waals surface area contributed by atoms with Gasteiger partial charge in [0, 0.05) is 13.0 Å². The average molecular weight is 550 g/mol. The lowest BCUT2D eigenvalue weighted by Crippen LogP contribution is -2.58. The van der Waals surface area contributed by atoms with Gasteiger partial charge in [-0.05, 0) is 117 Å². The molecule has 4 rings (SSSR count). The number of carboxylic acid groups (broad SMARTS) is 1. The fourth-order valence-corrected chi connectivity index (χ4v) is 9.76. The molecule has 9 nitrogen and oxygen atoms in total. The number of amides is 3. The fourth-order valence-electron chi connectivity index (χ4n) is 9.76. The van der Waals surface area contributed by atoms with Crippen LogP contribution in [0.1, 0.15) is 97.8 Å². The van der Waals surface area contributed by atoms with Crippen LogP contribution in [0.2, 0.25) is 0 Å². The Morgan fingerprint density at radius 2 is 1.74 bits per heavy atom. The van der Waals surface area contributed by atoms with Gasteiger partial charge in [0.2, 0.25) is 5.91 Å². The van der Waals surface area contributed by atoms with Crippen molar-refractivity contribution < 1.29 is 29.7 Å². The van der Waals surface area contributed by atoms with Crippen LogP contribution in [0, 0.1) is 46.3 Å². The van der Waals surface area contributed by atoms with Crippen molar-refractivity contribution >= 4 is 17.9 Å². The zero-order valence-corrected chi connectivity index (χ0v) is 24.0. The number of nitrogens with one attached hydrogen (secondary N) is 2. The van der Waals surface area contributed by atoms with E-state index >= 15 is 0 Å². The number of nitrogens with two attached hydrogens (primary N) is 1. The molecule has 4 aliphatic rings. The second kappa shape index (κ2) is 11.9. The molecule has 4 fully saturated rings. The van der Waals surface area contributed by atoms with Crippen molar-refractivity contribution in [3.05, 3.63) is 0 Å². The van der Waals surface area contributed by atoms with Crippen LogP contribution < -0.4 is 16.4 Å². The molecule has 0 aromatic carbocycles. The van der Waals surface area contributed by atoms with Crippen molar-refractivity contribution in [3.8, 4) is 0 Å². The van der Waals surface area contributed by atoms with Gasteiger partial charge in [0.05, 0.1) is 12.2 Å². The minimum Gasteiger partial charge on any atom is -0.480 e. The van der Waals surface area contributed by atoms with E-state index < -0.39 is 18.0 Å². The second-order valence-corrected chi connectivity index (χ2v) is 13.8. The Kier molecular flexibility index (Phi) is 9.21. The number of urea groups is 1. The van der Waals surface area contributed by atoms with Crippen molar-refractivity contribution in [2.45, 2.75) is 116 Å². The van der Waals surface area contributed by atoms with E-state index in [1.54, 1.807) is 0 Å². The number of hydrogen-bond donors (Lipinski definition) is 6. The van der Waals surface area contributed by atoms with E-state index in [1.165, 1.54) is 12.8 Å². The average Bonchev–Trinajstić information content (AvgIpc) is 3.24. The minimum atomic E-state index is -1.09. The molecule has 0 radical (unpaired) electrons. The molecular formula is C30H51N3O6. The Morgan fingerprint density at radius 3 is 2.44 bits per heavy atom. The van der Waals surface area contributed by atoms with Crippen molar-refractivity contribution in [2.75, 3.05) is 6.54 Å². The Balaban J connectivity index is 1.34. The summed E-state index contributed by atoms with van der Waals surface area (Å²) in [5.41, 5.74) is 5.09. The van der Waals surface area contributed by atoms with Crippen LogP contribution in [0.5, 0.6) is 0 Å². The first-order valence-corrected chi connectivity index (χ1v) is 15.3. The molecular weight excluding hydrogens is 498 g/mol. The number of aliphatic hydroxyl groups is 2. The van der Waals surface area contributed by atoms with Crippen molar-refractivity contribution in [3.63, 3.8) is 0 Å². The summed E-state index contributed by atoms with van der Waals surface area (Å²) >= 11 is 0. The number of primary amides is 1. The lowest BCUT2D eigenvalue weighted by atomic mass is 9.43. The van der Waals surface area contributed by atoms with Crippen molar-refractivity contribution in [1.29, 1.82) is 0 Å². The number of aliphatic carboxylic acids is 1. The number of aliphatic hydroxyl groups excluding tert-OH is 2. The van der Waals surface area contributed by atoms with E-state index in [9.17, 15) is 29.7 Å². The highest BCUT2D eigenvalue weighted by Gasteiger charge is 2.63. The van der Waals surface area contributed by atoms with Gasteiger partial charge in [-0.3, -0.25) is 4.79 Å². The highest BCUT2D eigenvalue weighted by atomic mass is 16.4. The van der Waals surface area contributed by atoms with Gasteiger partial charge in [-0.15, -0.1) is 0 Å². The predicted octanol–water partition coefficient (Wildman–Crippen LogP) is 3.41. The number of rotatable bonds is 10. The summed E-state index contributed by atoms with van der Waals surface area (Å²) in [7, 11) is 0. The zero-order valence-electron chi connectivity index (χ0n) is 24.0. The monoisotopic (exact) mass is 549 g/mol. The molecule has 222 valence electrons. The van der Waals surface area contributed by atoms with Crippen LogP contribution in [0.15, 0.2) is 0 Å². The van der Waals surface area contributed by atoms with E-state index in [4.69, 9.17) is 5.73 Å². The maximum Gasteiger partial charge on any atom is 0.326 e. The van der Waals surface area contributed by atoms with Crippen LogP contribution >= 0.6 is 0 Å². The normalized spacial score (nSPS) is 40.9. The molecule has 9 heteroatoms. The summed E-state index contributed by atoms with van der Waals surface area (Å²) in [6, 6.07) is -1.65. The molecule has 11 atom stereocenters. The van der Waals surface area contributed by atoms with Gasteiger partial charge in [0.25, 0.3) is 0 Å². The maximum absolute atomic E-state index is 12.7. The van der Waals surface area contributed by atoms with E-state index in [2.05, 4.69) is 31.4 Å². The highest BCUT2D eigenvalue weighted by Crippen LogP contribution is 2.68. The van der Waals surface area contributed by atoms with Gasteiger partial charge in [-0.1, -0.05) is 20.8 Å². The van der Waals surface area contributed by atoms with E-state index in [-0.39, 0.29) is 54.2 Å². The summed E-state index contributed by atoms with van der Waals surface area (Å²) in [6.45, 7) is 7.18. The lowest BCUT2D eigenvalue weighted by Gasteiger charge is -2.62. The van der Waals surface area contributed by atoms with E-state index in [0.717, 1.165) is 38.5 Å². The molecule has 4 aliphatic carbocycles. The number of hydrogen-bond acceptors (Lipinski definition) is 5. The van der Waals surface area contributed by atoms with Gasteiger partial charge >= 0.3 is 12.0 Å². The second-order valence-electron chi connectivity index (χ2n) is 13.8. The third-order valence-corrected chi connectivity index (χ3v) is 11.9. The Labute approximate surface area is 233 Å². The Morgan fingerprint density at radius 1 is 1.00 bits per heavy atom. The molecule has 0 spiro atoms. The quantitative estimate of drug-likeness (QED) is 0.229. The summed E-state index contributed by atoms with van der Waals surface area (Å²) < 4.78 is 0. The molecule has 3 amide bonds. The van der Waals surface area contributed by atoms with Gasteiger partial charge in [-0.25, -0.2) is 9.59 Å². The predicted molar refractivity (Wildman–Crippen MR) is 147 cm³/mol. The Bertz CT molecular complexity index is 915. The van der Waals surface area contributed by atoms with Gasteiger partial charge in [0.1, 0.15) is 6.04 Å². The molecule has 0 bridgehead atoms. The zero-order chi connectivity index (χ0) is 28.5. The summed E-state index contributed by atoms with van der Waals surface area (Å²) in [5.74, 6) is 1.41. The molecule has 4 saturated carbocycles. The SMILES string of the molecule is CC(CCC(=O)NC(CCCNC(N)=O)C(=O)O)C1CCC2C3CCC4CC(O)CCC4(C)C3CC(O)C12C. The van der Waals surface area contributed by atoms with Crippen LogP contribution in [-0.2, 0) is 9.59 Å². The van der Waals surface area contributed by atoms with Crippen LogP contribution in [0.3, 0.4) is 0 Å². The maximum atomic E-state index is 12.7. The molecule has 0 aliphatic heterocycles. The molecule has 11 unspecified atom stereocenters. The number of carboxylic acids is 1. The van der Waals surface area contributed by atoms with E-state index in [1.807, 2.05) is 0 Å². The third kappa shape index (κ3) is 5.95. The van der Waals surface area contributed by atoms with Gasteiger partial charge < -0.3 is 31.7 Å². The first kappa shape index (κ1) is 30.1. The first-order valence-electron chi connectivity index (χ1n) is 15.3. The molecule has 0 saturated heterocycles. The summed E-state index contributed by atoms with van der Waals surface area (Å²) in [5, 5.41) is 36.6.